The van der Waals surface area contributed by atoms with Gasteiger partial charge in [0.1, 0.15) is 11.6 Å². The maximum Gasteiger partial charge on any atom is 0.260 e. The minimum absolute atomic E-state index is 0.239. The van der Waals surface area contributed by atoms with Crippen molar-refractivity contribution < 1.29 is 9.18 Å². The van der Waals surface area contributed by atoms with E-state index in [1.807, 2.05) is 13.0 Å². The lowest BCUT2D eigenvalue weighted by atomic mass is 10.1. The van der Waals surface area contributed by atoms with Crippen molar-refractivity contribution in [2.75, 3.05) is 0 Å². The number of halogens is 1. The van der Waals surface area contributed by atoms with E-state index in [1.165, 1.54) is 12.1 Å². The molecule has 0 aliphatic carbocycles. The van der Waals surface area contributed by atoms with Gasteiger partial charge in [-0.25, -0.2) is 9.37 Å². The zero-order valence-electron chi connectivity index (χ0n) is 12.0. The molecule has 2 heterocycles. The number of aromatic amines is 1. The molecule has 1 aromatic carbocycles. The van der Waals surface area contributed by atoms with Gasteiger partial charge in [0.15, 0.2) is 0 Å². The van der Waals surface area contributed by atoms with Crippen LogP contribution in [0.2, 0.25) is 0 Å². The fourth-order valence-corrected chi connectivity index (χ4v) is 2.41. The minimum atomic E-state index is -0.353. The zero-order chi connectivity index (χ0) is 15.7. The largest absolute Gasteiger partial charge is 0.338 e. The van der Waals surface area contributed by atoms with Crippen molar-refractivity contribution in [2.45, 2.75) is 6.92 Å². The van der Waals surface area contributed by atoms with Crippen LogP contribution in [-0.2, 0) is 4.79 Å². The van der Waals surface area contributed by atoms with Crippen molar-refractivity contribution >= 4 is 22.5 Å². The standard InChI is InChI=1S/C17H14FN3O/c1-3-5-6-11-12(4-2)21-17(22)15(11)16-19-13-8-7-10(18)9-14(13)20-16/h3-9H,1H2,2H3,(H,19,20)(H,21,22)/b6-5-,12-4+. The third-order valence-corrected chi connectivity index (χ3v) is 3.40. The molecule has 1 aromatic heterocycles. The van der Waals surface area contributed by atoms with Gasteiger partial charge in [0, 0.05) is 11.3 Å². The summed E-state index contributed by atoms with van der Waals surface area (Å²) in [7, 11) is 0. The van der Waals surface area contributed by atoms with Crippen LogP contribution in [0.15, 0.2) is 60.4 Å². The Labute approximate surface area is 126 Å². The molecular formula is C17H14FN3O. The number of benzene rings is 1. The van der Waals surface area contributed by atoms with E-state index in [0.717, 1.165) is 5.57 Å². The lowest BCUT2D eigenvalue weighted by Crippen LogP contribution is -2.16. The van der Waals surface area contributed by atoms with Crippen LogP contribution in [0.5, 0.6) is 0 Å². The molecule has 0 radical (unpaired) electrons. The fourth-order valence-electron chi connectivity index (χ4n) is 2.41. The molecule has 110 valence electrons. The average Bonchev–Trinajstić information content (AvgIpc) is 3.04. The highest BCUT2D eigenvalue weighted by Crippen LogP contribution is 2.29. The van der Waals surface area contributed by atoms with Crippen LogP contribution in [-0.4, -0.2) is 15.9 Å². The topological polar surface area (TPSA) is 57.8 Å². The molecular weight excluding hydrogens is 281 g/mol. The first kappa shape index (κ1) is 14.0. The van der Waals surface area contributed by atoms with Crippen molar-refractivity contribution in [2.24, 2.45) is 0 Å². The second-order valence-electron chi connectivity index (χ2n) is 4.79. The van der Waals surface area contributed by atoms with Crippen LogP contribution < -0.4 is 5.32 Å². The van der Waals surface area contributed by atoms with E-state index in [9.17, 15) is 9.18 Å². The van der Waals surface area contributed by atoms with Crippen molar-refractivity contribution in [1.82, 2.24) is 15.3 Å². The van der Waals surface area contributed by atoms with E-state index in [1.54, 1.807) is 24.3 Å². The van der Waals surface area contributed by atoms with Gasteiger partial charge in [0.05, 0.1) is 16.6 Å². The Morgan fingerprint density at radius 3 is 2.91 bits per heavy atom. The van der Waals surface area contributed by atoms with Crippen molar-refractivity contribution in [3.05, 3.63) is 72.0 Å². The Kier molecular flexibility index (Phi) is 3.47. The Hall–Kier alpha value is -2.95. The summed E-state index contributed by atoms with van der Waals surface area (Å²) in [5, 5.41) is 2.80. The van der Waals surface area contributed by atoms with Gasteiger partial charge in [-0.05, 0) is 25.1 Å². The number of nitrogens with zero attached hydrogens (tertiary/aromatic N) is 1. The first-order valence-corrected chi connectivity index (χ1v) is 6.81. The molecule has 3 rings (SSSR count). The summed E-state index contributed by atoms with van der Waals surface area (Å²) >= 11 is 0. The zero-order valence-corrected chi connectivity index (χ0v) is 12.0. The van der Waals surface area contributed by atoms with E-state index < -0.39 is 0 Å². The van der Waals surface area contributed by atoms with Crippen LogP contribution in [0, 0.1) is 5.82 Å². The SMILES string of the molecule is C=C/C=C\C1=C(c2nc3ccc(F)cc3[nH]2)C(=O)N/C1=C/C. The Morgan fingerprint density at radius 2 is 2.18 bits per heavy atom. The van der Waals surface area contributed by atoms with Gasteiger partial charge in [-0.3, -0.25) is 4.79 Å². The lowest BCUT2D eigenvalue weighted by Gasteiger charge is -1.98. The maximum atomic E-state index is 13.3. The Morgan fingerprint density at radius 1 is 1.36 bits per heavy atom. The average molecular weight is 295 g/mol. The first-order chi connectivity index (χ1) is 10.6. The number of H-pyrrole nitrogens is 1. The van der Waals surface area contributed by atoms with Crippen LogP contribution in [0.3, 0.4) is 0 Å². The van der Waals surface area contributed by atoms with Crippen molar-refractivity contribution in [1.29, 1.82) is 0 Å². The summed E-state index contributed by atoms with van der Waals surface area (Å²) in [6.45, 7) is 5.48. The highest BCUT2D eigenvalue weighted by Gasteiger charge is 2.28. The molecule has 0 saturated heterocycles. The summed E-state index contributed by atoms with van der Waals surface area (Å²) in [5.74, 6) is -0.177. The molecule has 4 nitrogen and oxygen atoms in total. The molecule has 0 bridgehead atoms. The molecule has 1 aliphatic heterocycles. The van der Waals surface area contributed by atoms with Crippen LogP contribution >= 0.6 is 0 Å². The van der Waals surface area contributed by atoms with Gasteiger partial charge in [-0.2, -0.15) is 0 Å². The number of rotatable bonds is 3. The van der Waals surface area contributed by atoms with Crippen LogP contribution in [0.1, 0.15) is 12.7 Å². The highest BCUT2D eigenvalue weighted by atomic mass is 19.1. The predicted octanol–water partition coefficient (Wildman–Crippen LogP) is 3.23. The molecule has 5 heteroatoms. The summed E-state index contributed by atoms with van der Waals surface area (Å²) in [4.78, 5) is 19.6. The van der Waals surface area contributed by atoms with Crippen molar-refractivity contribution in [3.63, 3.8) is 0 Å². The number of aromatic nitrogens is 2. The monoisotopic (exact) mass is 295 g/mol. The number of carbonyl (C=O) groups excluding carboxylic acids is 1. The Bertz CT molecular complexity index is 871. The molecule has 2 aromatic rings. The van der Waals surface area contributed by atoms with Crippen LogP contribution in [0.4, 0.5) is 4.39 Å². The minimum Gasteiger partial charge on any atom is -0.338 e. The quantitative estimate of drug-likeness (QED) is 0.854. The van der Waals surface area contributed by atoms with Gasteiger partial charge in [0.2, 0.25) is 0 Å². The second kappa shape index (κ2) is 5.44. The maximum absolute atomic E-state index is 13.3. The second-order valence-corrected chi connectivity index (χ2v) is 4.79. The first-order valence-electron chi connectivity index (χ1n) is 6.81. The van der Waals surface area contributed by atoms with E-state index >= 15 is 0 Å². The molecule has 1 aliphatic rings. The molecule has 0 atom stereocenters. The summed E-state index contributed by atoms with van der Waals surface area (Å²) < 4.78 is 13.3. The molecule has 0 saturated carbocycles. The number of hydrogen-bond acceptors (Lipinski definition) is 2. The number of imidazole rings is 1. The predicted molar refractivity (Wildman–Crippen MR) is 84.2 cm³/mol. The number of allylic oxidation sites excluding steroid dienone is 4. The number of fused-ring (bicyclic) bond motifs is 1. The summed E-state index contributed by atoms with van der Waals surface area (Å²) in [6, 6.07) is 4.27. The molecule has 22 heavy (non-hydrogen) atoms. The van der Waals surface area contributed by atoms with E-state index in [4.69, 9.17) is 0 Å². The van der Waals surface area contributed by atoms with Crippen molar-refractivity contribution in [3.8, 4) is 0 Å². The molecule has 1 amide bonds. The van der Waals surface area contributed by atoms with Crippen LogP contribution in [0.25, 0.3) is 16.6 Å². The van der Waals surface area contributed by atoms with Gasteiger partial charge < -0.3 is 10.3 Å². The smallest absolute Gasteiger partial charge is 0.260 e. The summed E-state index contributed by atoms with van der Waals surface area (Å²) in [5.41, 5.74) is 3.04. The number of hydrogen-bond donors (Lipinski definition) is 2. The molecule has 0 fully saturated rings. The van der Waals surface area contributed by atoms with Gasteiger partial charge in [-0.1, -0.05) is 30.9 Å². The Balaban J connectivity index is 2.21. The molecule has 0 spiro atoms. The molecule has 2 N–H and O–H groups in total. The van der Waals surface area contributed by atoms with E-state index in [-0.39, 0.29) is 11.7 Å². The molecule has 0 unspecified atom stereocenters. The summed E-state index contributed by atoms with van der Waals surface area (Å²) in [6.07, 6.45) is 7.00. The third-order valence-electron chi connectivity index (χ3n) is 3.40. The number of nitrogens with one attached hydrogen (secondary N) is 2. The normalized spacial score (nSPS) is 17.0. The number of amides is 1. The van der Waals surface area contributed by atoms with Gasteiger partial charge in [0.25, 0.3) is 5.91 Å². The fraction of sp³-hybridized carbons (Fsp3) is 0.0588. The van der Waals surface area contributed by atoms with Gasteiger partial charge >= 0.3 is 0 Å². The van der Waals surface area contributed by atoms with E-state index in [0.29, 0.717) is 28.1 Å². The van der Waals surface area contributed by atoms with Gasteiger partial charge in [-0.15, -0.1) is 0 Å². The number of carbonyl (C=O) groups is 1. The van der Waals surface area contributed by atoms with E-state index in [2.05, 4.69) is 21.9 Å². The lowest BCUT2D eigenvalue weighted by molar-refractivity contribution is -0.114. The third kappa shape index (κ3) is 2.26. The highest BCUT2D eigenvalue weighted by molar-refractivity contribution is 6.24.